The van der Waals surface area contributed by atoms with Crippen molar-refractivity contribution in [1.29, 1.82) is 0 Å². The summed E-state index contributed by atoms with van der Waals surface area (Å²) in [5.74, 6) is 0. The molecule has 2 N–H and O–H groups in total. The van der Waals surface area contributed by atoms with E-state index in [0.717, 1.165) is 48.7 Å². The Hall–Kier alpha value is -2.18. The molecular formula is C16H18N4O2. The molecule has 4 rings (SSSR count). The van der Waals surface area contributed by atoms with Crippen LogP contribution in [0.15, 0.2) is 33.9 Å². The van der Waals surface area contributed by atoms with Gasteiger partial charge < -0.3 is 14.9 Å². The summed E-state index contributed by atoms with van der Waals surface area (Å²) in [5, 5.41) is 0. The number of aromatic nitrogens is 2. The van der Waals surface area contributed by atoms with E-state index in [1.165, 1.54) is 0 Å². The molecule has 1 unspecified atom stereocenters. The molecule has 114 valence electrons. The second kappa shape index (κ2) is 4.93. The lowest BCUT2D eigenvalue weighted by Crippen LogP contribution is -2.46. The molecule has 2 aliphatic rings. The van der Waals surface area contributed by atoms with Crippen molar-refractivity contribution >= 4 is 0 Å². The van der Waals surface area contributed by atoms with Crippen LogP contribution in [0.1, 0.15) is 17.3 Å². The van der Waals surface area contributed by atoms with E-state index in [4.69, 9.17) is 0 Å². The van der Waals surface area contributed by atoms with Gasteiger partial charge >= 0.3 is 11.1 Å². The van der Waals surface area contributed by atoms with Crippen LogP contribution in [0.25, 0.3) is 11.3 Å². The molecule has 22 heavy (non-hydrogen) atoms. The van der Waals surface area contributed by atoms with Crippen molar-refractivity contribution in [2.75, 3.05) is 33.2 Å². The average Bonchev–Trinajstić information content (AvgIpc) is 2.83. The van der Waals surface area contributed by atoms with Crippen LogP contribution >= 0.6 is 0 Å². The third-order valence-corrected chi connectivity index (χ3v) is 4.66. The number of benzene rings is 1. The third kappa shape index (κ3) is 1.95. The van der Waals surface area contributed by atoms with Crippen molar-refractivity contribution in [3.05, 3.63) is 56.2 Å². The molecule has 1 aromatic heterocycles. The molecule has 0 saturated carbocycles. The van der Waals surface area contributed by atoms with Gasteiger partial charge in [-0.2, -0.15) is 0 Å². The summed E-state index contributed by atoms with van der Waals surface area (Å²) in [6.07, 6.45) is 0. The molecule has 2 aromatic rings. The minimum Gasteiger partial charge on any atom is -0.318 e. The summed E-state index contributed by atoms with van der Waals surface area (Å²) in [4.78, 5) is 33.7. The molecular weight excluding hydrogens is 280 g/mol. The highest BCUT2D eigenvalue weighted by Crippen LogP contribution is 2.43. The van der Waals surface area contributed by atoms with Gasteiger partial charge in [0.05, 0.1) is 17.4 Å². The van der Waals surface area contributed by atoms with E-state index in [1.807, 2.05) is 18.2 Å². The second-order valence-electron chi connectivity index (χ2n) is 6.03. The van der Waals surface area contributed by atoms with E-state index in [2.05, 4.69) is 32.9 Å². The van der Waals surface area contributed by atoms with E-state index in [-0.39, 0.29) is 6.04 Å². The number of H-pyrrole nitrogens is 2. The first-order chi connectivity index (χ1) is 10.6. The van der Waals surface area contributed by atoms with Gasteiger partial charge in [-0.25, -0.2) is 0 Å². The van der Waals surface area contributed by atoms with Crippen molar-refractivity contribution in [2.45, 2.75) is 6.04 Å². The highest BCUT2D eigenvalue weighted by Gasteiger charge is 2.35. The van der Waals surface area contributed by atoms with E-state index in [9.17, 15) is 9.59 Å². The van der Waals surface area contributed by atoms with E-state index < -0.39 is 11.1 Å². The highest BCUT2D eigenvalue weighted by molar-refractivity contribution is 5.73. The number of rotatable bonds is 1. The summed E-state index contributed by atoms with van der Waals surface area (Å²) in [6, 6.07) is 8.06. The third-order valence-electron chi connectivity index (χ3n) is 4.66. The number of nitrogens with one attached hydrogen (secondary N) is 2. The Labute approximate surface area is 127 Å². The predicted molar refractivity (Wildman–Crippen MR) is 84.0 cm³/mol. The van der Waals surface area contributed by atoms with Gasteiger partial charge in [-0.3, -0.25) is 14.5 Å². The predicted octanol–water partition coefficient (Wildman–Crippen LogP) is 0.380. The fraction of sp³-hybridized carbons (Fsp3) is 0.375. The fourth-order valence-electron chi connectivity index (χ4n) is 3.47. The summed E-state index contributed by atoms with van der Waals surface area (Å²) in [5.41, 5.74) is 2.56. The normalized spacial score (nSPS) is 21.6. The standard InChI is InChI=1S/C16H18N4O2/c1-19-6-8-20(9-7-19)14-11-5-3-2-4-10(11)12-13(14)18-16(22)15(21)17-12/h2-5,14H,6-9H2,1H3,(H,17,21)(H,18,22). The molecule has 1 aromatic carbocycles. The smallest absolute Gasteiger partial charge is 0.314 e. The van der Waals surface area contributed by atoms with Gasteiger partial charge in [-0.05, 0) is 12.6 Å². The van der Waals surface area contributed by atoms with Crippen molar-refractivity contribution in [2.24, 2.45) is 0 Å². The maximum Gasteiger partial charge on any atom is 0.314 e. The van der Waals surface area contributed by atoms with Crippen LogP contribution in [-0.2, 0) is 0 Å². The van der Waals surface area contributed by atoms with Gasteiger partial charge in [-0.15, -0.1) is 0 Å². The number of hydrogen-bond donors (Lipinski definition) is 2. The molecule has 1 atom stereocenters. The van der Waals surface area contributed by atoms with Crippen LogP contribution in [0.3, 0.4) is 0 Å². The summed E-state index contributed by atoms with van der Waals surface area (Å²) in [7, 11) is 2.12. The molecule has 0 spiro atoms. The molecule has 1 aliphatic carbocycles. The molecule has 1 fully saturated rings. The van der Waals surface area contributed by atoms with Crippen molar-refractivity contribution < 1.29 is 0 Å². The van der Waals surface area contributed by atoms with Crippen LogP contribution in [-0.4, -0.2) is 53.0 Å². The number of aromatic amines is 2. The molecule has 6 heteroatoms. The number of fused-ring (bicyclic) bond motifs is 3. The van der Waals surface area contributed by atoms with Gasteiger partial charge in [0.1, 0.15) is 0 Å². The summed E-state index contributed by atoms with van der Waals surface area (Å²) in [6.45, 7) is 3.88. The lowest BCUT2D eigenvalue weighted by Gasteiger charge is -2.36. The first-order valence-corrected chi connectivity index (χ1v) is 7.53. The fourth-order valence-corrected chi connectivity index (χ4v) is 3.47. The lowest BCUT2D eigenvalue weighted by molar-refractivity contribution is 0.127. The Morgan fingerprint density at radius 2 is 1.68 bits per heavy atom. The van der Waals surface area contributed by atoms with Gasteiger partial charge in [0, 0.05) is 31.7 Å². The topological polar surface area (TPSA) is 72.2 Å². The molecule has 1 saturated heterocycles. The van der Waals surface area contributed by atoms with Crippen molar-refractivity contribution in [3.63, 3.8) is 0 Å². The van der Waals surface area contributed by atoms with Crippen LogP contribution in [0.4, 0.5) is 0 Å². The van der Waals surface area contributed by atoms with E-state index in [1.54, 1.807) is 0 Å². The second-order valence-corrected chi connectivity index (χ2v) is 6.03. The van der Waals surface area contributed by atoms with Gasteiger partial charge in [-0.1, -0.05) is 24.3 Å². The Morgan fingerprint density at radius 3 is 2.45 bits per heavy atom. The summed E-state index contributed by atoms with van der Waals surface area (Å²) < 4.78 is 0. The lowest BCUT2D eigenvalue weighted by atomic mass is 10.0. The first-order valence-electron chi connectivity index (χ1n) is 7.53. The maximum absolute atomic E-state index is 11.8. The maximum atomic E-state index is 11.8. The van der Waals surface area contributed by atoms with Crippen LogP contribution in [0.2, 0.25) is 0 Å². The molecule has 0 amide bonds. The quantitative estimate of drug-likeness (QED) is 0.747. The van der Waals surface area contributed by atoms with Gasteiger partial charge in [0.2, 0.25) is 0 Å². The molecule has 2 heterocycles. The zero-order chi connectivity index (χ0) is 15.3. The van der Waals surface area contributed by atoms with Crippen LogP contribution in [0, 0.1) is 0 Å². The molecule has 1 aliphatic heterocycles. The zero-order valence-electron chi connectivity index (χ0n) is 12.4. The number of hydrogen-bond acceptors (Lipinski definition) is 4. The Bertz CT molecular complexity index is 831. The number of likely N-dealkylation sites (N-methyl/N-ethyl adjacent to an activating group) is 1. The van der Waals surface area contributed by atoms with Gasteiger partial charge in [0.15, 0.2) is 0 Å². The molecule has 6 nitrogen and oxygen atoms in total. The SMILES string of the molecule is CN1CCN(C2c3ccccc3-c3[nH]c(=O)c(=O)[nH]c32)CC1. The van der Waals surface area contributed by atoms with E-state index in [0.29, 0.717) is 0 Å². The Balaban J connectivity index is 1.87. The Kier molecular flexibility index (Phi) is 3.02. The summed E-state index contributed by atoms with van der Waals surface area (Å²) >= 11 is 0. The van der Waals surface area contributed by atoms with Crippen molar-refractivity contribution in [3.8, 4) is 11.3 Å². The van der Waals surface area contributed by atoms with Crippen LogP contribution in [0.5, 0.6) is 0 Å². The minimum absolute atomic E-state index is 0.0180. The molecule has 0 radical (unpaired) electrons. The molecule has 0 bridgehead atoms. The number of nitrogens with zero attached hydrogens (tertiary/aromatic N) is 2. The minimum atomic E-state index is -0.590. The Morgan fingerprint density at radius 1 is 1.00 bits per heavy atom. The first kappa shape index (κ1) is 13.5. The average molecular weight is 298 g/mol. The zero-order valence-corrected chi connectivity index (χ0v) is 12.4. The number of piperazine rings is 1. The largest absolute Gasteiger partial charge is 0.318 e. The highest BCUT2D eigenvalue weighted by atomic mass is 16.2. The van der Waals surface area contributed by atoms with Gasteiger partial charge in [0.25, 0.3) is 0 Å². The van der Waals surface area contributed by atoms with E-state index >= 15 is 0 Å². The van der Waals surface area contributed by atoms with Crippen LogP contribution < -0.4 is 11.1 Å². The monoisotopic (exact) mass is 298 g/mol. The van der Waals surface area contributed by atoms with Crippen molar-refractivity contribution in [1.82, 2.24) is 19.8 Å².